The lowest BCUT2D eigenvalue weighted by Gasteiger charge is -2.34. The van der Waals surface area contributed by atoms with Crippen molar-refractivity contribution in [1.82, 2.24) is 5.32 Å². The molecule has 0 radical (unpaired) electrons. The van der Waals surface area contributed by atoms with Crippen LogP contribution in [-0.2, 0) is 14.3 Å². The largest absolute Gasteiger partial charge is 0.508 e. The van der Waals surface area contributed by atoms with Crippen molar-refractivity contribution in [3.05, 3.63) is 65.0 Å². The molecule has 1 heterocycles. The summed E-state index contributed by atoms with van der Waals surface area (Å²) in [6.07, 6.45) is 3.57. The van der Waals surface area contributed by atoms with E-state index in [1.54, 1.807) is 24.3 Å². The summed E-state index contributed by atoms with van der Waals surface area (Å²) in [5.74, 6) is -0.762. The van der Waals surface area contributed by atoms with E-state index in [-0.39, 0.29) is 18.1 Å². The van der Waals surface area contributed by atoms with E-state index in [0.29, 0.717) is 23.3 Å². The molecule has 130 valence electrons. The Bertz CT molecular complexity index is 786. The van der Waals surface area contributed by atoms with Crippen LogP contribution < -0.4 is 5.32 Å². The van der Waals surface area contributed by atoms with Gasteiger partial charge in [0.1, 0.15) is 12.4 Å². The van der Waals surface area contributed by atoms with Gasteiger partial charge in [0.05, 0.1) is 5.57 Å². The summed E-state index contributed by atoms with van der Waals surface area (Å²) in [4.78, 5) is 25.3. The van der Waals surface area contributed by atoms with Crippen LogP contribution in [0.4, 0.5) is 0 Å². The normalized spacial score (nSPS) is 20.0. The molecular formula is C20H21NO4. The zero-order chi connectivity index (χ0) is 18.0. The van der Waals surface area contributed by atoms with Gasteiger partial charge in [0.2, 0.25) is 0 Å². The van der Waals surface area contributed by atoms with Gasteiger partial charge in [-0.1, -0.05) is 24.8 Å². The van der Waals surface area contributed by atoms with E-state index >= 15 is 0 Å². The number of hydrogen-bond acceptors (Lipinski definition) is 5. The number of phenols is 1. The van der Waals surface area contributed by atoms with Gasteiger partial charge in [-0.15, -0.1) is 0 Å². The lowest BCUT2D eigenvalue weighted by atomic mass is 9.75. The maximum atomic E-state index is 12.6. The van der Waals surface area contributed by atoms with Gasteiger partial charge in [0, 0.05) is 29.3 Å². The van der Waals surface area contributed by atoms with Gasteiger partial charge in [-0.25, -0.2) is 4.79 Å². The molecule has 1 aromatic carbocycles. The third-order valence-electron chi connectivity index (χ3n) is 4.55. The number of ketones is 1. The quantitative estimate of drug-likeness (QED) is 0.651. The van der Waals surface area contributed by atoms with Gasteiger partial charge in [0.25, 0.3) is 0 Å². The molecule has 5 heteroatoms. The molecule has 0 saturated heterocycles. The van der Waals surface area contributed by atoms with Gasteiger partial charge in [-0.05, 0) is 37.5 Å². The number of allylic oxidation sites excluding steroid dienone is 3. The summed E-state index contributed by atoms with van der Waals surface area (Å²) in [6, 6.07) is 6.61. The Hall–Kier alpha value is -2.82. The van der Waals surface area contributed by atoms with Crippen LogP contribution in [0.15, 0.2) is 59.5 Å². The summed E-state index contributed by atoms with van der Waals surface area (Å²) < 4.78 is 5.25. The second-order valence-electron chi connectivity index (χ2n) is 6.24. The molecule has 25 heavy (non-hydrogen) atoms. The molecule has 0 spiro atoms. The fraction of sp³-hybridized carbons (Fsp3) is 0.300. The average molecular weight is 339 g/mol. The highest BCUT2D eigenvalue weighted by Gasteiger charge is 2.38. The summed E-state index contributed by atoms with van der Waals surface area (Å²) in [5.41, 5.74) is 3.43. The molecular weight excluding hydrogens is 318 g/mol. The number of benzene rings is 1. The zero-order valence-corrected chi connectivity index (χ0v) is 14.2. The van der Waals surface area contributed by atoms with E-state index in [2.05, 4.69) is 11.9 Å². The fourth-order valence-electron chi connectivity index (χ4n) is 3.47. The molecule has 2 N–H and O–H groups in total. The first-order chi connectivity index (χ1) is 12.0. The molecule has 2 aliphatic rings. The Labute approximate surface area is 146 Å². The van der Waals surface area contributed by atoms with Crippen LogP contribution in [-0.4, -0.2) is 23.5 Å². The average Bonchev–Trinajstić information content (AvgIpc) is 2.59. The fourth-order valence-corrected chi connectivity index (χ4v) is 3.47. The molecule has 5 nitrogen and oxygen atoms in total. The van der Waals surface area contributed by atoms with Crippen molar-refractivity contribution in [2.75, 3.05) is 6.61 Å². The smallest absolute Gasteiger partial charge is 0.337 e. The minimum absolute atomic E-state index is 0.0494. The summed E-state index contributed by atoms with van der Waals surface area (Å²) >= 11 is 0. The monoisotopic (exact) mass is 339 g/mol. The third-order valence-corrected chi connectivity index (χ3v) is 4.55. The molecule has 1 unspecified atom stereocenters. The molecule has 0 saturated carbocycles. The van der Waals surface area contributed by atoms with Gasteiger partial charge in [-0.2, -0.15) is 0 Å². The highest BCUT2D eigenvalue weighted by Crippen LogP contribution is 2.42. The molecule has 0 amide bonds. The van der Waals surface area contributed by atoms with Gasteiger partial charge in [0.15, 0.2) is 5.78 Å². The van der Waals surface area contributed by atoms with Crippen molar-refractivity contribution in [1.29, 1.82) is 0 Å². The molecule has 0 bridgehead atoms. The minimum Gasteiger partial charge on any atom is -0.508 e. The van der Waals surface area contributed by atoms with E-state index in [1.165, 1.54) is 6.08 Å². The first kappa shape index (κ1) is 17.0. The van der Waals surface area contributed by atoms with E-state index in [4.69, 9.17) is 4.74 Å². The number of rotatable bonds is 4. The predicted molar refractivity (Wildman–Crippen MR) is 93.7 cm³/mol. The van der Waals surface area contributed by atoms with Crippen molar-refractivity contribution in [3.8, 4) is 5.75 Å². The highest BCUT2D eigenvalue weighted by molar-refractivity contribution is 6.03. The lowest BCUT2D eigenvalue weighted by Crippen LogP contribution is -2.34. The molecule has 0 aromatic heterocycles. The zero-order valence-electron chi connectivity index (χ0n) is 14.2. The van der Waals surface area contributed by atoms with Crippen LogP contribution in [0.1, 0.15) is 37.7 Å². The van der Waals surface area contributed by atoms with E-state index < -0.39 is 11.9 Å². The SMILES string of the molecule is C=CCOC(=O)C1=C(C)NC2=C(C(=O)CCC2)C1c1ccc(O)cc1. The number of phenolic OH excluding ortho intramolecular Hbond substituents is 1. The minimum atomic E-state index is -0.484. The molecule has 3 rings (SSSR count). The third kappa shape index (κ3) is 3.22. The van der Waals surface area contributed by atoms with Crippen LogP contribution in [0, 0.1) is 0 Å². The number of aromatic hydroxyl groups is 1. The number of hydrogen-bond donors (Lipinski definition) is 2. The second kappa shape index (κ2) is 6.97. The number of Topliss-reactive ketones (excluding diaryl/α,β-unsaturated/α-hetero) is 1. The van der Waals surface area contributed by atoms with Crippen LogP contribution in [0.3, 0.4) is 0 Å². The number of carbonyl (C=O) groups excluding carboxylic acids is 2. The van der Waals surface area contributed by atoms with Crippen molar-refractivity contribution in [2.24, 2.45) is 0 Å². The van der Waals surface area contributed by atoms with Crippen molar-refractivity contribution in [3.63, 3.8) is 0 Å². The van der Waals surface area contributed by atoms with E-state index in [9.17, 15) is 14.7 Å². The highest BCUT2D eigenvalue weighted by atomic mass is 16.5. The van der Waals surface area contributed by atoms with Crippen LogP contribution in [0.5, 0.6) is 5.75 Å². The Morgan fingerprint density at radius 1 is 1.36 bits per heavy atom. The van der Waals surface area contributed by atoms with Crippen LogP contribution in [0.2, 0.25) is 0 Å². The van der Waals surface area contributed by atoms with Crippen molar-refractivity contribution in [2.45, 2.75) is 32.1 Å². The number of carbonyl (C=O) groups is 2. The van der Waals surface area contributed by atoms with Gasteiger partial charge in [-0.3, -0.25) is 4.79 Å². The second-order valence-corrected chi connectivity index (χ2v) is 6.24. The van der Waals surface area contributed by atoms with Gasteiger partial charge >= 0.3 is 5.97 Å². The van der Waals surface area contributed by atoms with Crippen molar-refractivity contribution >= 4 is 11.8 Å². The first-order valence-corrected chi connectivity index (χ1v) is 8.34. The molecule has 1 aliphatic carbocycles. The predicted octanol–water partition coefficient (Wildman–Crippen LogP) is 3.09. The van der Waals surface area contributed by atoms with Crippen molar-refractivity contribution < 1.29 is 19.4 Å². The summed E-state index contributed by atoms with van der Waals surface area (Å²) in [6.45, 7) is 5.49. The van der Waals surface area contributed by atoms with Crippen LogP contribution in [0.25, 0.3) is 0 Å². The summed E-state index contributed by atoms with van der Waals surface area (Å²) in [5, 5.41) is 12.8. The van der Waals surface area contributed by atoms with Gasteiger partial charge < -0.3 is 15.2 Å². The standard InChI is InChI=1S/C20H21NO4/c1-3-11-25-20(24)17-12(2)21-15-5-4-6-16(23)19(15)18(17)13-7-9-14(22)10-8-13/h3,7-10,18,21-22H,1,4-6,11H2,2H3. The Kier molecular flexibility index (Phi) is 4.74. The molecule has 1 aliphatic heterocycles. The van der Waals surface area contributed by atoms with Crippen LogP contribution >= 0.6 is 0 Å². The number of nitrogens with one attached hydrogen (secondary N) is 1. The Morgan fingerprint density at radius 3 is 2.76 bits per heavy atom. The first-order valence-electron chi connectivity index (χ1n) is 8.34. The lowest BCUT2D eigenvalue weighted by molar-refractivity contribution is -0.138. The number of ether oxygens (including phenoxy) is 1. The Morgan fingerprint density at radius 2 is 2.08 bits per heavy atom. The molecule has 1 atom stereocenters. The maximum absolute atomic E-state index is 12.6. The van der Waals surface area contributed by atoms with E-state index in [1.807, 2.05) is 6.92 Å². The van der Waals surface area contributed by atoms with E-state index in [0.717, 1.165) is 24.1 Å². The Balaban J connectivity index is 2.11. The maximum Gasteiger partial charge on any atom is 0.337 e. The molecule has 1 aromatic rings. The number of dihydropyridines is 1. The molecule has 0 fully saturated rings. The number of esters is 1. The topological polar surface area (TPSA) is 75.6 Å². The summed E-state index contributed by atoms with van der Waals surface area (Å²) in [7, 11) is 0.